The molecule has 2 N–H and O–H groups in total. The van der Waals surface area contributed by atoms with Crippen LogP contribution in [-0.2, 0) is 26.0 Å². The molecule has 5 heterocycles. The molecule has 0 unspecified atom stereocenters. The fraction of sp³-hybridized carbons (Fsp3) is 0.500. The lowest BCUT2D eigenvalue weighted by atomic mass is 9.90. The fourth-order valence-electron chi connectivity index (χ4n) is 6.65. The van der Waals surface area contributed by atoms with Crippen LogP contribution in [0.1, 0.15) is 71.8 Å². The zero-order valence-corrected chi connectivity index (χ0v) is 33.0. The predicted octanol–water partition coefficient (Wildman–Crippen LogP) is 7.34. The van der Waals surface area contributed by atoms with E-state index < -0.39 is 33.6 Å². The van der Waals surface area contributed by atoms with Crippen molar-refractivity contribution in [3.8, 4) is 22.8 Å². The number of benzene rings is 1. The highest BCUT2D eigenvalue weighted by molar-refractivity contribution is 7.92. The Morgan fingerprint density at radius 3 is 2.46 bits per heavy atom. The quantitative estimate of drug-likeness (QED) is 0.187. The van der Waals surface area contributed by atoms with Crippen LogP contribution in [-0.4, -0.2) is 79.2 Å². The Morgan fingerprint density at radius 1 is 0.946 bits per heavy atom. The number of pyridine rings is 2. The van der Waals surface area contributed by atoms with Crippen LogP contribution in [0.15, 0.2) is 71.9 Å². The number of sulfonamides is 1. The van der Waals surface area contributed by atoms with Crippen LogP contribution < -0.4 is 19.7 Å². The first-order valence-electron chi connectivity index (χ1n) is 19.0. The lowest BCUT2D eigenvalue weighted by Crippen LogP contribution is -2.49. The lowest BCUT2D eigenvalue weighted by molar-refractivity contribution is -0.219. The number of ether oxygens (including phenoxy) is 2. The second-order valence-corrected chi connectivity index (χ2v) is 17.4. The normalized spacial score (nSPS) is 17.3. The molecule has 4 bridgehead atoms. The molecule has 0 spiro atoms. The largest absolute Gasteiger partial charge is 0.476 e. The highest BCUT2D eigenvalue weighted by atomic mass is 32.2. The molecule has 3 aromatic heterocycles. The first kappa shape index (κ1) is 40.9. The molecule has 56 heavy (non-hydrogen) atoms. The molecule has 0 saturated carbocycles. The average molecular weight is 798 g/mol. The third-order valence-corrected chi connectivity index (χ3v) is 11.5. The van der Waals surface area contributed by atoms with Crippen LogP contribution >= 0.6 is 0 Å². The standard InChI is InChI=1S/C40H50F3N7O5S/c1-38(2,37(51)44-29-20-24-54-25-21-29)26-49-22-10-6-5-7-12-28-13-8-9-14-30(28)36-31(50-23-19-34(47-50)55-27-39(3,4)40(41,42)43)17-18-32(45-36)48-56(52,53)35-16-11-15-33(49)46-35/h8-9,11,13-19,23,29H,5-7,10,12,20-22,24-27H2,1-4H3,(H,44,51)(H,45,48). The molecule has 1 fully saturated rings. The van der Waals surface area contributed by atoms with E-state index >= 15 is 0 Å². The van der Waals surface area contributed by atoms with Crippen molar-refractivity contribution in [1.29, 1.82) is 0 Å². The molecule has 2 aliphatic rings. The fourth-order valence-corrected chi connectivity index (χ4v) is 7.62. The van der Waals surface area contributed by atoms with Gasteiger partial charge < -0.3 is 19.7 Å². The Hall–Kier alpha value is -4.70. The van der Waals surface area contributed by atoms with E-state index in [-0.39, 0.29) is 28.7 Å². The van der Waals surface area contributed by atoms with Gasteiger partial charge in [-0.2, -0.15) is 21.6 Å². The average Bonchev–Trinajstić information content (AvgIpc) is 3.63. The number of nitrogens with zero attached hydrogens (tertiary/aromatic N) is 5. The Bertz CT molecular complexity index is 2100. The monoisotopic (exact) mass is 797 g/mol. The summed E-state index contributed by atoms with van der Waals surface area (Å²) in [6.07, 6.45) is 2.83. The molecule has 1 aromatic carbocycles. The molecule has 0 aliphatic carbocycles. The Balaban J connectivity index is 1.31. The molecule has 302 valence electrons. The van der Waals surface area contributed by atoms with Gasteiger partial charge in [0.15, 0.2) is 5.03 Å². The summed E-state index contributed by atoms with van der Waals surface area (Å²) in [5.74, 6) is 0.399. The van der Waals surface area contributed by atoms with Gasteiger partial charge >= 0.3 is 6.18 Å². The summed E-state index contributed by atoms with van der Waals surface area (Å²) in [6.45, 7) is 7.40. The van der Waals surface area contributed by atoms with Crippen LogP contribution in [0.2, 0.25) is 0 Å². The number of amides is 1. The van der Waals surface area contributed by atoms with Crippen molar-refractivity contribution in [1.82, 2.24) is 25.1 Å². The molecule has 1 saturated heterocycles. The van der Waals surface area contributed by atoms with Crippen molar-refractivity contribution in [3.63, 3.8) is 0 Å². The van der Waals surface area contributed by atoms with Gasteiger partial charge in [0.2, 0.25) is 11.8 Å². The number of carbonyl (C=O) groups excluding carboxylic acids is 1. The number of carbonyl (C=O) groups is 1. The Morgan fingerprint density at radius 2 is 1.70 bits per heavy atom. The van der Waals surface area contributed by atoms with Gasteiger partial charge in [0.25, 0.3) is 10.0 Å². The number of fused-ring (bicyclic) bond motifs is 6. The lowest BCUT2D eigenvalue weighted by Gasteiger charge is -2.34. The van der Waals surface area contributed by atoms with Gasteiger partial charge in [0, 0.05) is 50.2 Å². The van der Waals surface area contributed by atoms with Crippen LogP contribution in [0, 0.1) is 10.8 Å². The summed E-state index contributed by atoms with van der Waals surface area (Å²) in [5, 5.41) is 7.39. The smallest absolute Gasteiger partial charge is 0.397 e. The Labute approximate surface area is 326 Å². The molecule has 0 atom stereocenters. The molecule has 12 nitrogen and oxygen atoms in total. The zero-order valence-electron chi connectivity index (χ0n) is 32.2. The molecular formula is C40H50F3N7O5S. The minimum absolute atomic E-state index is 0.000187. The van der Waals surface area contributed by atoms with E-state index in [1.165, 1.54) is 22.9 Å². The van der Waals surface area contributed by atoms with Gasteiger partial charge in [0.05, 0.1) is 22.2 Å². The summed E-state index contributed by atoms with van der Waals surface area (Å²) in [4.78, 5) is 24.9. The minimum Gasteiger partial charge on any atom is -0.476 e. The maximum absolute atomic E-state index is 13.9. The molecule has 16 heteroatoms. The predicted molar refractivity (Wildman–Crippen MR) is 207 cm³/mol. The molecular weight excluding hydrogens is 748 g/mol. The molecule has 6 rings (SSSR count). The van der Waals surface area contributed by atoms with E-state index in [1.807, 2.05) is 43.0 Å². The summed E-state index contributed by atoms with van der Waals surface area (Å²) < 4.78 is 83.3. The van der Waals surface area contributed by atoms with Gasteiger partial charge in [-0.1, -0.05) is 43.2 Å². The van der Waals surface area contributed by atoms with Crippen LogP contribution in [0.4, 0.5) is 24.8 Å². The van der Waals surface area contributed by atoms with Crippen molar-refractivity contribution in [2.75, 3.05) is 42.5 Å². The number of nitrogens with one attached hydrogen (secondary N) is 2. The van der Waals surface area contributed by atoms with Crippen LogP contribution in [0.5, 0.6) is 5.88 Å². The van der Waals surface area contributed by atoms with E-state index in [4.69, 9.17) is 14.5 Å². The number of anilines is 2. The highest BCUT2D eigenvalue weighted by Gasteiger charge is 2.48. The Kier molecular flexibility index (Phi) is 12.3. The highest BCUT2D eigenvalue weighted by Crippen LogP contribution is 2.38. The molecule has 2 aliphatic heterocycles. The first-order chi connectivity index (χ1) is 26.5. The number of hydrogen-bond acceptors (Lipinski definition) is 9. The van der Waals surface area contributed by atoms with Crippen molar-refractivity contribution in [2.24, 2.45) is 10.8 Å². The van der Waals surface area contributed by atoms with Gasteiger partial charge in [-0.25, -0.2) is 14.6 Å². The van der Waals surface area contributed by atoms with E-state index in [0.29, 0.717) is 43.5 Å². The summed E-state index contributed by atoms with van der Waals surface area (Å²) >= 11 is 0. The van der Waals surface area contributed by atoms with Gasteiger partial charge in [0.1, 0.15) is 18.2 Å². The van der Waals surface area contributed by atoms with Crippen molar-refractivity contribution in [3.05, 3.63) is 72.4 Å². The summed E-state index contributed by atoms with van der Waals surface area (Å²) in [7, 11) is -4.25. The van der Waals surface area contributed by atoms with Gasteiger partial charge in [-0.05, 0) is 89.6 Å². The maximum atomic E-state index is 13.9. The van der Waals surface area contributed by atoms with E-state index in [2.05, 4.69) is 20.1 Å². The second kappa shape index (κ2) is 16.8. The van der Waals surface area contributed by atoms with E-state index in [1.54, 1.807) is 24.4 Å². The minimum atomic E-state index is -4.47. The SMILES string of the molecule is CC(C)(CN1CCCCCCc2ccccc2-c2nc(ccc2-n2ccc(OCC(C)(C)C(F)(F)F)n2)NS(=O)(=O)c2cccc1n2)C(=O)NC1CCOCC1. The van der Waals surface area contributed by atoms with Crippen LogP contribution in [0.3, 0.4) is 0 Å². The van der Waals surface area contributed by atoms with Crippen molar-refractivity contribution < 1.29 is 35.9 Å². The summed E-state index contributed by atoms with van der Waals surface area (Å²) in [5.41, 5.74) is -0.249. The number of aryl methyl sites for hydroxylation is 1. The van der Waals surface area contributed by atoms with Gasteiger partial charge in [-0.3, -0.25) is 9.52 Å². The number of rotatable bonds is 8. The maximum Gasteiger partial charge on any atom is 0.397 e. The molecule has 0 radical (unpaired) electrons. The molecule has 4 aromatic rings. The third kappa shape index (κ3) is 9.81. The van der Waals surface area contributed by atoms with Crippen molar-refractivity contribution >= 4 is 27.6 Å². The number of halogens is 3. The zero-order chi connectivity index (χ0) is 40.1. The number of alkyl halides is 3. The number of aromatic nitrogens is 4. The van der Waals surface area contributed by atoms with Crippen molar-refractivity contribution in [2.45, 2.75) is 89.9 Å². The van der Waals surface area contributed by atoms with Crippen LogP contribution in [0.25, 0.3) is 16.9 Å². The third-order valence-electron chi connectivity index (χ3n) is 10.2. The topological polar surface area (TPSA) is 141 Å². The van der Waals surface area contributed by atoms with E-state index in [9.17, 15) is 26.4 Å². The molecule has 1 amide bonds. The summed E-state index contributed by atoms with van der Waals surface area (Å²) in [6, 6.07) is 17.2. The van der Waals surface area contributed by atoms with E-state index in [0.717, 1.165) is 69.9 Å². The number of hydrogen-bond donors (Lipinski definition) is 2. The first-order valence-corrected chi connectivity index (χ1v) is 20.5. The second-order valence-electron chi connectivity index (χ2n) is 15.8. The van der Waals surface area contributed by atoms with Gasteiger partial charge in [-0.15, -0.1) is 5.10 Å².